The Morgan fingerprint density at radius 1 is 1.27 bits per heavy atom. The van der Waals surface area contributed by atoms with Crippen LogP contribution in [0.5, 0.6) is 0 Å². The van der Waals surface area contributed by atoms with Crippen LogP contribution in [0.4, 0.5) is 5.82 Å². The summed E-state index contributed by atoms with van der Waals surface area (Å²) in [5.41, 5.74) is 1.21. The highest BCUT2D eigenvalue weighted by Gasteiger charge is 2.08. The molecule has 0 atom stereocenters. The van der Waals surface area contributed by atoms with Crippen LogP contribution in [-0.4, -0.2) is 17.1 Å². The lowest BCUT2D eigenvalue weighted by molar-refractivity contribution is 0.421. The normalized spacial score (nSPS) is 11.5. The van der Waals surface area contributed by atoms with Gasteiger partial charge in [-0.2, -0.15) is 0 Å². The average molecular weight is 207 g/mol. The Morgan fingerprint density at radius 3 is 2.60 bits per heavy atom. The molecule has 3 nitrogen and oxygen atoms in total. The van der Waals surface area contributed by atoms with Crippen LogP contribution in [-0.2, 0) is 6.54 Å². The highest BCUT2D eigenvalue weighted by atomic mass is 15.0. The van der Waals surface area contributed by atoms with Crippen LogP contribution >= 0.6 is 0 Å². The highest BCUT2D eigenvalue weighted by Crippen LogP contribution is 2.06. The van der Waals surface area contributed by atoms with Crippen LogP contribution < -0.4 is 10.6 Å². The highest BCUT2D eigenvalue weighted by molar-refractivity contribution is 5.34. The van der Waals surface area contributed by atoms with E-state index in [2.05, 4.69) is 43.3 Å². The standard InChI is InChI=1S/C12H21N3/c1-5-13-11-8-6-7-10(15-11)9-14-12(2,3)4/h6-8,14H,5,9H2,1-4H3,(H,13,15). The van der Waals surface area contributed by atoms with Gasteiger partial charge in [-0.25, -0.2) is 4.98 Å². The summed E-state index contributed by atoms with van der Waals surface area (Å²) in [6, 6.07) is 6.06. The third-order valence-electron chi connectivity index (χ3n) is 1.96. The predicted octanol–water partition coefficient (Wildman–Crippen LogP) is 2.40. The summed E-state index contributed by atoms with van der Waals surface area (Å²) in [7, 11) is 0. The van der Waals surface area contributed by atoms with Gasteiger partial charge in [0.25, 0.3) is 0 Å². The fourth-order valence-electron chi connectivity index (χ4n) is 1.21. The van der Waals surface area contributed by atoms with E-state index in [0.717, 1.165) is 24.6 Å². The van der Waals surface area contributed by atoms with Crippen molar-refractivity contribution < 1.29 is 0 Å². The number of aromatic nitrogens is 1. The number of pyridine rings is 1. The van der Waals surface area contributed by atoms with E-state index in [4.69, 9.17) is 0 Å². The Labute approximate surface area is 92.3 Å². The molecule has 15 heavy (non-hydrogen) atoms. The fraction of sp³-hybridized carbons (Fsp3) is 0.583. The Hall–Kier alpha value is -1.09. The van der Waals surface area contributed by atoms with E-state index < -0.39 is 0 Å². The van der Waals surface area contributed by atoms with E-state index in [1.165, 1.54) is 0 Å². The van der Waals surface area contributed by atoms with E-state index in [1.54, 1.807) is 0 Å². The van der Waals surface area contributed by atoms with Crippen molar-refractivity contribution in [2.24, 2.45) is 0 Å². The van der Waals surface area contributed by atoms with Crippen LogP contribution in [0, 0.1) is 0 Å². The van der Waals surface area contributed by atoms with Gasteiger partial charge in [-0.05, 0) is 39.8 Å². The van der Waals surface area contributed by atoms with Crippen molar-refractivity contribution in [1.82, 2.24) is 10.3 Å². The minimum Gasteiger partial charge on any atom is -0.370 e. The first-order valence-corrected chi connectivity index (χ1v) is 5.46. The zero-order chi connectivity index (χ0) is 11.3. The average Bonchev–Trinajstić information content (AvgIpc) is 2.15. The fourth-order valence-corrected chi connectivity index (χ4v) is 1.21. The second-order valence-corrected chi connectivity index (χ2v) is 4.65. The Kier molecular flexibility index (Phi) is 4.09. The van der Waals surface area contributed by atoms with Gasteiger partial charge in [-0.3, -0.25) is 0 Å². The van der Waals surface area contributed by atoms with E-state index in [1.807, 2.05) is 18.2 Å². The molecule has 0 bridgehead atoms. The molecule has 2 N–H and O–H groups in total. The number of hydrogen-bond donors (Lipinski definition) is 2. The molecule has 1 heterocycles. The third-order valence-corrected chi connectivity index (χ3v) is 1.96. The maximum absolute atomic E-state index is 4.49. The lowest BCUT2D eigenvalue weighted by Crippen LogP contribution is -2.35. The second kappa shape index (κ2) is 5.12. The number of nitrogens with zero attached hydrogens (tertiary/aromatic N) is 1. The zero-order valence-corrected chi connectivity index (χ0v) is 10.1. The summed E-state index contributed by atoms with van der Waals surface area (Å²) in [4.78, 5) is 4.49. The van der Waals surface area contributed by atoms with E-state index >= 15 is 0 Å². The molecule has 0 unspecified atom stereocenters. The molecule has 0 aromatic carbocycles. The summed E-state index contributed by atoms with van der Waals surface area (Å²) in [6.45, 7) is 10.2. The number of nitrogens with one attached hydrogen (secondary N) is 2. The van der Waals surface area contributed by atoms with Gasteiger partial charge >= 0.3 is 0 Å². The molecular formula is C12H21N3. The van der Waals surface area contributed by atoms with Crippen LogP contribution in [0.1, 0.15) is 33.4 Å². The molecule has 0 saturated heterocycles. The summed E-state index contributed by atoms with van der Waals surface area (Å²) < 4.78 is 0. The van der Waals surface area contributed by atoms with Crippen molar-refractivity contribution in [3.63, 3.8) is 0 Å². The molecule has 0 saturated carbocycles. The van der Waals surface area contributed by atoms with Crippen molar-refractivity contribution in [3.8, 4) is 0 Å². The summed E-state index contributed by atoms with van der Waals surface area (Å²) >= 11 is 0. The maximum atomic E-state index is 4.49. The monoisotopic (exact) mass is 207 g/mol. The van der Waals surface area contributed by atoms with Crippen LogP contribution in [0.25, 0.3) is 0 Å². The van der Waals surface area contributed by atoms with Crippen molar-refractivity contribution in [2.75, 3.05) is 11.9 Å². The minimum absolute atomic E-state index is 0.135. The van der Waals surface area contributed by atoms with Gasteiger partial charge in [0.15, 0.2) is 0 Å². The van der Waals surface area contributed by atoms with E-state index in [0.29, 0.717) is 0 Å². The summed E-state index contributed by atoms with van der Waals surface area (Å²) in [6.07, 6.45) is 0. The topological polar surface area (TPSA) is 37.0 Å². The third kappa shape index (κ3) is 4.79. The molecule has 0 aliphatic carbocycles. The minimum atomic E-state index is 0.135. The first-order chi connectivity index (χ1) is 7.01. The first-order valence-electron chi connectivity index (χ1n) is 5.46. The van der Waals surface area contributed by atoms with Crippen molar-refractivity contribution in [2.45, 2.75) is 39.8 Å². The van der Waals surface area contributed by atoms with Crippen molar-refractivity contribution in [3.05, 3.63) is 23.9 Å². The lowest BCUT2D eigenvalue weighted by Gasteiger charge is -2.20. The summed E-state index contributed by atoms with van der Waals surface area (Å²) in [5, 5.41) is 6.62. The lowest BCUT2D eigenvalue weighted by atomic mass is 10.1. The molecule has 1 aromatic rings. The largest absolute Gasteiger partial charge is 0.370 e. The van der Waals surface area contributed by atoms with Gasteiger partial charge in [0.05, 0.1) is 5.69 Å². The number of rotatable bonds is 4. The van der Waals surface area contributed by atoms with Gasteiger partial charge in [0.1, 0.15) is 5.82 Å². The maximum Gasteiger partial charge on any atom is 0.126 e. The van der Waals surface area contributed by atoms with Crippen LogP contribution in [0.2, 0.25) is 0 Å². The number of anilines is 1. The SMILES string of the molecule is CCNc1cccc(CNC(C)(C)C)n1. The van der Waals surface area contributed by atoms with E-state index in [-0.39, 0.29) is 5.54 Å². The molecule has 0 fully saturated rings. The predicted molar refractivity (Wildman–Crippen MR) is 65.0 cm³/mol. The first kappa shape index (κ1) is 12.0. The quantitative estimate of drug-likeness (QED) is 0.796. The molecule has 0 amide bonds. The zero-order valence-electron chi connectivity index (χ0n) is 10.1. The molecule has 0 spiro atoms. The molecule has 1 rings (SSSR count). The molecule has 0 aliphatic rings. The molecular weight excluding hydrogens is 186 g/mol. The van der Waals surface area contributed by atoms with Crippen LogP contribution in [0.3, 0.4) is 0 Å². The van der Waals surface area contributed by atoms with Crippen molar-refractivity contribution >= 4 is 5.82 Å². The Morgan fingerprint density at radius 2 is 2.00 bits per heavy atom. The number of hydrogen-bond acceptors (Lipinski definition) is 3. The van der Waals surface area contributed by atoms with Crippen molar-refractivity contribution in [1.29, 1.82) is 0 Å². The van der Waals surface area contributed by atoms with Gasteiger partial charge in [-0.15, -0.1) is 0 Å². The molecule has 1 aromatic heterocycles. The van der Waals surface area contributed by atoms with Crippen LogP contribution in [0.15, 0.2) is 18.2 Å². The smallest absolute Gasteiger partial charge is 0.126 e. The molecule has 0 aliphatic heterocycles. The van der Waals surface area contributed by atoms with Gasteiger partial charge in [0.2, 0.25) is 0 Å². The van der Waals surface area contributed by atoms with Gasteiger partial charge in [-0.1, -0.05) is 6.07 Å². The molecule has 84 valence electrons. The Balaban J connectivity index is 2.57. The van der Waals surface area contributed by atoms with Gasteiger partial charge < -0.3 is 10.6 Å². The summed E-state index contributed by atoms with van der Waals surface area (Å²) in [5.74, 6) is 0.950. The van der Waals surface area contributed by atoms with Gasteiger partial charge in [0, 0.05) is 18.6 Å². The molecule has 0 radical (unpaired) electrons. The Bertz CT molecular complexity index is 302. The second-order valence-electron chi connectivity index (χ2n) is 4.65. The van der Waals surface area contributed by atoms with E-state index in [9.17, 15) is 0 Å². The molecule has 3 heteroatoms.